The van der Waals surface area contributed by atoms with Gasteiger partial charge in [-0.15, -0.1) is 0 Å². The summed E-state index contributed by atoms with van der Waals surface area (Å²) >= 11 is 0. The Morgan fingerprint density at radius 1 is 0.370 bits per heavy atom. The van der Waals surface area contributed by atoms with Gasteiger partial charge in [0.2, 0.25) is 0 Å². The zero-order valence-corrected chi connectivity index (χ0v) is 26.9. The largest absolute Gasteiger partial charge is 0.455 e. The van der Waals surface area contributed by atoms with Crippen LogP contribution in [0.2, 0.25) is 0 Å². The molecule has 0 saturated carbocycles. The van der Waals surface area contributed by atoms with Gasteiger partial charge in [0.15, 0.2) is 0 Å². The van der Waals surface area contributed by atoms with Crippen LogP contribution in [0.1, 0.15) is 48.0 Å². The van der Waals surface area contributed by atoms with Crippen LogP contribution in [0.15, 0.2) is 216 Å². The first-order chi connectivity index (χ1) is 41.4. The van der Waals surface area contributed by atoms with Crippen LogP contribution >= 0.6 is 0 Å². The van der Waals surface area contributed by atoms with E-state index < -0.39 is 306 Å². The third kappa shape index (κ3) is 5.71. The first-order valence-electron chi connectivity index (χ1n) is 33.1. The Morgan fingerprint density at radius 2 is 0.944 bits per heavy atom. The van der Waals surface area contributed by atoms with E-state index in [0.717, 1.165) is 0 Å². The van der Waals surface area contributed by atoms with Crippen molar-refractivity contribution in [1.29, 1.82) is 0 Å². The van der Waals surface area contributed by atoms with Crippen LogP contribution in [0.25, 0.3) is 77.2 Å². The molecule has 0 atom stereocenters. The lowest BCUT2D eigenvalue weighted by Gasteiger charge is -2.27. The average molecular weight is 725 g/mol. The molecule has 10 rings (SSSR count). The molecule has 54 heavy (non-hydrogen) atoms. The van der Waals surface area contributed by atoms with Gasteiger partial charge in [0, 0.05) is 22.3 Å². The van der Waals surface area contributed by atoms with Crippen molar-refractivity contribution in [3.63, 3.8) is 0 Å². The van der Waals surface area contributed by atoms with E-state index in [2.05, 4.69) is 0 Å². The molecule has 0 aliphatic heterocycles. The van der Waals surface area contributed by atoms with Crippen molar-refractivity contribution < 1.29 is 52.4 Å². The summed E-state index contributed by atoms with van der Waals surface area (Å²) < 4.78 is 322. The van der Waals surface area contributed by atoms with Gasteiger partial charge in [-0.2, -0.15) is 0 Å². The molecule has 0 spiro atoms. The standard InChI is InChI=1S/C52H35NO/c1-3-13-36(14-4-1)39-27-29-45(30-28-39)53(46-22-12-21-43(35-46)42-20-11-19-41(33-42)37-15-5-2-6-16-37)49-32-31-47(44-26-25-38-17-7-8-18-40(38)34-44)52-51(49)48-23-9-10-24-50(48)54-52/h1-35H/i1D,2D,3D,4D,5D,6D,7D,8D,9D,10D,11D,12D,13D,14D,15D,16D,17D,18D,19D,20D,21D,22D,23D,24D,25D,26D,27D,28D,29D,30D,31D,32D,33D,34D,35D. The van der Waals surface area contributed by atoms with Crippen LogP contribution in [0.3, 0.4) is 0 Å². The molecule has 1 heterocycles. The van der Waals surface area contributed by atoms with Gasteiger partial charge in [0.1, 0.15) is 11.2 Å². The van der Waals surface area contributed by atoms with Crippen LogP contribution in [0.5, 0.6) is 0 Å². The fourth-order valence-electron chi connectivity index (χ4n) is 5.51. The second-order valence-corrected chi connectivity index (χ2v) is 11.0. The van der Waals surface area contributed by atoms with Crippen LogP contribution in [0, 0.1) is 0 Å². The topological polar surface area (TPSA) is 16.4 Å². The molecule has 0 unspecified atom stereocenters. The second-order valence-electron chi connectivity index (χ2n) is 11.0. The predicted molar refractivity (Wildman–Crippen MR) is 228 cm³/mol. The lowest BCUT2D eigenvalue weighted by Crippen LogP contribution is -2.10. The van der Waals surface area contributed by atoms with Gasteiger partial charge >= 0.3 is 0 Å². The number of hydrogen-bond donors (Lipinski definition) is 0. The lowest BCUT2D eigenvalue weighted by molar-refractivity contribution is 0.670. The minimum absolute atomic E-state index is 0.293. The molecule has 0 bridgehead atoms. The number of hydrogen-bond acceptors (Lipinski definition) is 2. The van der Waals surface area contributed by atoms with Crippen LogP contribution in [-0.4, -0.2) is 0 Å². The van der Waals surface area contributed by atoms with E-state index in [1.165, 1.54) is 0 Å². The summed E-state index contributed by atoms with van der Waals surface area (Å²) in [7, 11) is 0. The Morgan fingerprint density at radius 3 is 1.72 bits per heavy atom. The number of rotatable bonds is 7. The fourth-order valence-corrected chi connectivity index (χ4v) is 5.51. The predicted octanol–water partition coefficient (Wildman–Crippen LogP) is 14.9. The summed E-state index contributed by atoms with van der Waals surface area (Å²) in [6.45, 7) is 0. The van der Waals surface area contributed by atoms with Crippen molar-refractivity contribution in [1.82, 2.24) is 0 Å². The molecule has 0 aliphatic rings. The average Bonchev–Trinajstić information content (AvgIpc) is 1.71. The monoisotopic (exact) mass is 724 g/mol. The molecular formula is C52H35NO. The normalized spacial score (nSPS) is 20.4. The fraction of sp³-hybridized carbons (Fsp3) is 0. The maximum Gasteiger partial charge on any atom is 0.145 e. The molecule has 1 aromatic heterocycles. The molecule has 10 aromatic rings. The van der Waals surface area contributed by atoms with E-state index >= 15 is 0 Å². The molecule has 0 fully saturated rings. The van der Waals surface area contributed by atoms with Gasteiger partial charge in [-0.25, -0.2) is 0 Å². The van der Waals surface area contributed by atoms with E-state index in [1.807, 2.05) is 0 Å². The van der Waals surface area contributed by atoms with Crippen LogP contribution < -0.4 is 4.90 Å². The summed E-state index contributed by atoms with van der Waals surface area (Å²) in [5, 5.41) is -3.11. The molecule has 2 heteroatoms. The quantitative estimate of drug-likeness (QED) is 0.163. The molecule has 0 N–H and O–H groups in total. The number of nitrogens with zero attached hydrogens (tertiary/aromatic N) is 1. The molecule has 0 saturated heterocycles. The number of para-hydroxylation sites is 1. The molecule has 0 aliphatic carbocycles. The van der Waals surface area contributed by atoms with Crippen molar-refractivity contribution in [2.75, 3.05) is 4.90 Å². The van der Waals surface area contributed by atoms with E-state index in [1.54, 1.807) is 0 Å². The van der Waals surface area contributed by atoms with Crippen molar-refractivity contribution >= 4 is 49.8 Å². The second kappa shape index (κ2) is 13.4. The van der Waals surface area contributed by atoms with Crippen molar-refractivity contribution in [2.24, 2.45) is 0 Å². The third-order valence-corrected chi connectivity index (χ3v) is 7.87. The molecule has 254 valence electrons. The summed E-state index contributed by atoms with van der Waals surface area (Å²) in [4.78, 5) is 0.293. The summed E-state index contributed by atoms with van der Waals surface area (Å²) in [6.07, 6.45) is 0. The number of fused-ring (bicyclic) bond motifs is 4. The highest BCUT2D eigenvalue weighted by Crippen LogP contribution is 2.47. The Hall–Kier alpha value is -7.16. The highest BCUT2D eigenvalue weighted by molar-refractivity contribution is 6.17. The van der Waals surface area contributed by atoms with Gasteiger partial charge < -0.3 is 9.32 Å². The molecule has 2 nitrogen and oxygen atoms in total. The summed E-state index contributed by atoms with van der Waals surface area (Å²) in [5.41, 5.74) is -13.4. The van der Waals surface area contributed by atoms with Gasteiger partial charge in [-0.05, 0) is 104 Å². The van der Waals surface area contributed by atoms with E-state index in [0.29, 0.717) is 4.90 Å². The van der Waals surface area contributed by atoms with Gasteiger partial charge in [0.25, 0.3) is 0 Å². The van der Waals surface area contributed by atoms with Crippen molar-refractivity contribution in [2.45, 2.75) is 0 Å². The third-order valence-electron chi connectivity index (χ3n) is 7.87. The van der Waals surface area contributed by atoms with Gasteiger partial charge in [-0.1, -0.05) is 157 Å². The SMILES string of the molecule is [2H]c1c([2H])c([2H])c(-c2c([2H])c([2H])c(N(c3c([2H])c([2H])c([2H])c(-c4c([2H])c([2H])c([2H])c(-c5c([2H])c([2H])c([2H])c([2H])c5[2H])c4[2H])c3[2H])c3c([2H])c([2H])c(-c4c([2H])c([2H])c5c([2H])c([2H])c([2H])c([2H])c5c4[2H])c4oc5c([2H])c([2H])c([2H])c([2H])c5c34)c([2H])c2[2H])c([2H])c1[2H]. The first-order valence-corrected chi connectivity index (χ1v) is 15.6. The maximum absolute atomic E-state index is 10.1. The van der Waals surface area contributed by atoms with Crippen molar-refractivity contribution in [3.8, 4) is 44.5 Å². The van der Waals surface area contributed by atoms with Gasteiger partial charge in [-0.3, -0.25) is 0 Å². The summed E-state index contributed by atoms with van der Waals surface area (Å²) in [5.74, 6) is 0. The Balaban J connectivity index is 1.49. The highest BCUT2D eigenvalue weighted by atomic mass is 16.3. The number of furan rings is 1. The van der Waals surface area contributed by atoms with Crippen LogP contribution in [0.4, 0.5) is 17.1 Å². The lowest BCUT2D eigenvalue weighted by atomic mass is 9.97. The Bertz CT molecular complexity index is 4890. The maximum atomic E-state index is 10.1. The zero-order chi connectivity index (χ0) is 66.3. The first kappa shape index (κ1) is 11.9. The minimum Gasteiger partial charge on any atom is -0.455 e. The highest BCUT2D eigenvalue weighted by Gasteiger charge is 2.22. The Labute approximate surface area is 364 Å². The minimum atomic E-state index is -1.41. The number of anilines is 3. The van der Waals surface area contributed by atoms with Crippen LogP contribution in [-0.2, 0) is 0 Å². The Kier molecular flexibility index (Phi) is 2.97. The van der Waals surface area contributed by atoms with Crippen molar-refractivity contribution in [3.05, 3.63) is 211 Å². The van der Waals surface area contributed by atoms with E-state index in [-0.39, 0.29) is 0 Å². The molecule has 9 aromatic carbocycles. The molecule has 0 amide bonds. The van der Waals surface area contributed by atoms with E-state index in [4.69, 9.17) is 31.8 Å². The zero-order valence-electron chi connectivity index (χ0n) is 61.9. The summed E-state index contributed by atoms with van der Waals surface area (Å²) in [6, 6.07) is -38.8. The van der Waals surface area contributed by atoms with E-state index in [9.17, 15) is 20.6 Å². The number of benzene rings is 9. The molecule has 0 radical (unpaired) electrons. The van der Waals surface area contributed by atoms with Gasteiger partial charge in [0.05, 0.1) is 59.1 Å². The molecular weight excluding hydrogens is 655 g/mol. The smallest absolute Gasteiger partial charge is 0.145 e.